The van der Waals surface area contributed by atoms with Crippen molar-refractivity contribution in [3.05, 3.63) is 68.1 Å². The van der Waals surface area contributed by atoms with Gasteiger partial charge in [-0.05, 0) is 36.4 Å². The number of rotatable bonds is 6. The van der Waals surface area contributed by atoms with E-state index in [0.717, 1.165) is 0 Å². The summed E-state index contributed by atoms with van der Waals surface area (Å²) in [6, 6.07) is 9.68. The summed E-state index contributed by atoms with van der Waals surface area (Å²) < 4.78 is 9.75. The number of nitroso groups, excluding NO2 is 1. The number of nitro groups is 1. The lowest BCUT2D eigenvalue weighted by Gasteiger charge is -2.07. The normalized spacial score (nSPS) is 9.48. The fraction of sp³-hybridized carbons (Fsp3) is 0.133. The van der Waals surface area contributed by atoms with Gasteiger partial charge in [0.05, 0.1) is 21.5 Å². The van der Waals surface area contributed by atoms with Gasteiger partial charge in [0.15, 0.2) is 0 Å². The molecule has 0 atom stereocenters. The van der Waals surface area contributed by atoms with E-state index >= 15 is 0 Å². The average molecular weight is 368 g/mol. The minimum absolute atomic E-state index is 0. The van der Waals surface area contributed by atoms with Gasteiger partial charge in [-0.15, -0.1) is 4.91 Å². The highest BCUT2D eigenvalue weighted by molar-refractivity contribution is 6.30. The van der Waals surface area contributed by atoms with Crippen LogP contribution in [0.5, 0.6) is 5.75 Å². The van der Waals surface area contributed by atoms with Gasteiger partial charge in [0, 0.05) is 11.1 Å². The molecule has 0 fully saturated rings. The standard InChI is InChI=1S/C14H10ClN3O6.CH4/c15-10-1-6-13(18(21)22)9(7-10)8-23-14(19)24-12-4-2-11(3-5-12)16-17-20;/h1-7H,8H2,(H,16,20);1H4. The number of nitro benzene ring substituents is 1. The molecule has 0 aliphatic rings. The maximum Gasteiger partial charge on any atom is 0.514 e. The lowest BCUT2D eigenvalue weighted by Crippen LogP contribution is -2.11. The molecule has 2 aromatic rings. The Morgan fingerprint density at radius 3 is 2.52 bits per heavy atom. The van der Waals surface area contributed by atoms with Crippen molar-refractivity contribution in [2.75, 3.05) is 5.43 Å². The van der Waals surface area contributed by atoms with Crippen LogP contribution >= 0.6 is 11.6 Å². The van der Waals surface area contributed by atoms with Crippen molar-refractivity contribution in [3.63, 3.8) is 0 Å². The first kappa shape index (κ1) is 19.8. The second-order valence-corrected chi connectivity index (χ2v) is 4.83. The zero-order valence-corrected chi connectivity index (χ0v) is 12.7. The van der Waals surface area contributed by atoms with E-state index in [4.69, 9.17) is 21.1 Å². The zero-order chi connectivity index (χ0) is 17.5. The largest absolute Gasteiger partial charge is 0.514 e. The molecule has 0 aromatic heterocycles. The van der Waals surface area contributed by atoms with Crippen LogP contribution in [0.4, 0.5) is 16.2 Å². The van der Waals surface area contributed by atoms with E-state index in [-0.39, 0.29) is 36.1 Å². The Morgan fingerprint density at radius 1 is 1.24 bits per heavy atom. The molecule has 0 spiro atoms. The highest BCUT2D eigenvalue weighted by Gasteiger charge is 2.16. The third-order valence-corrected chi connectivity index (χ3v) is 3.05. The second kappa shape index (κ2) is 9.18. The van der Waals surface area contributed by atoms with Crippen molar-refractivity contribution >= 4 is 29.1 Å². The van der Waals surface area contributed by atoms with Crippen LogP contribution in [0.1, 0.15) is 13.0 Å². The molecular formula is C15H14ClN3O6. The van der Waals surface area contributed by atoms with E-state index in [0.29, 0.717) is 5.69 Å². The molecule has 0 aliphatic heterocycles. The quantitative estimate of drug-likeness (QED) is 0.258. The van der Waals surface area contributed by atoms with E-state index < -0.39 is 11.1 Å². The summed E-state index contributed by atoms with van der Waals surface area (Å²) in [5, 5.41) is 13.7. The monoisotopic (exact) mass is 367 g/mol. The molecular weight excluding hydrogens is 354 g/mol. The number of hydrogen-bond donors (Lipinski definition) is 1. The van der Waals surface area contributed by atoms with Crippen LogP contribution in [-0.2, 0) is 11.3 Å². The Balaban J connectivity index is 0.00000312. The zero-order valence-electron chi connectivity index (χ0n) is 12.0. The van der Waals surface area contributed by atoms with Gasteiger partial charge in [-0.3, -0.25) is 10.1 Å². The van der Waals surface area contributed by atoms with Gasteiger partial charge < -0.3 is 9.47 Å². The maximum absolute atomic E-state index is 11.6. The lowest BCUT2D eigenvalue weighted by atomic mass is 10.2. The van der Waals surface area contributed by atoms with Crippen molar-refractivity contribution in [1.82, 2.24) is 0 Å². The molecule has 0 saturated heterocycles. The van der Waals surface area contributed by atoms with E-state index in [1.807, 2.05) is 0 Å². The molecule has 9 nitrogen and oxygen atoms in total. The van der Waals surface area contributed by atoms with Crippen LogP contribution in [0.25, 0.3) is 0 Å². The van der Waals surface area contributed by atoms with Gasteiger partial charge in [0.1, 0.15) is 12.4 Å². The predicted molar refractivity (Wildman–Crippen MR) is 91.5 cm³/mol. The third kappa shape index (κ3) is 5.74. The van der Waals surface area contributed by atoms with Crippen LogP contribution in [-0.4, -0.2) is 11.1 Å². The van der Waals surface area contributed by atoms with Crippen molar-refractivity contribution in [2.24, 2.45) is 5.29 Å². The molecule has 1 N–H and O–H groups in total. The summed E-state index contributed by atoms with van der Waals surface area (Å²) in [5.41, 5.74) is 2.52. The second-order valence-electron chi connectivity index (χ2n) is 4.40. The van der Waals surface area contributed by atoms with Gasteiger partial charge >= 0.3 is 6.16 Å². The molecule has 0 unspecified atom stereocenters. The molecule has 132 valence electrons. The van der Waals surface area contributed by atoms with Gasteiger partial charge in [0.25, 0.3) is 5.69 Å². The SMILES string of the molecule is C.O=NNc1ccc(OC(=O)OCc2cc(Cl)ccc2[N+](=O)[O-])cc1. The number of nitrogens with zero attached hydrogens (tertiary/aromatic N) is 2. The first-order valence-electron chi connectivity index (χ1n) is 6.45. The summed E-state index contributed by atoms with van der Waals surface area (Å²) >= 11 is 5.78. The number of benzene rings is 2. The number of hydrogen-bond acceptors (Lipinski definition) is 7. The van der Waals surface area contributed by atoms with Crippen LogP contribution in [0.3, 0.4) is 0 Å². The number of halogens is 1. The summed E-state index contributed by atoms with van der Waals surface area (Å²) in [5.74, 6) is 0.164. The minimum Gasteiger partial charge on any atom is -0.429 e. The van der Waals surface area contributed by atoms with Crippen molar-refractivity contribution in [2.45, 2.75) is 14.0 Å². The summed E-state index contributed by atoms with van der Waals surface area (Å²) in [6.45, 7) is -0.371. The first-order chi connectivity index (χ1) is 11.5. The van der Waals surface area contributed by atoms with Gasteiger partial charge in [-0.2, -0.15) is 0 Å². The first-order valence-corrected chi connectivity index (χ1v) is 6.83. The maximum atomic E-state index is 11.6. The number of nitrogens with one attached hydrogen (secondary N) is 1. The van der Waals surface area contributed by atoms with E-state index in [1.165, 1.54) is 42.5 Å². The van der Waals surface area contributed by atoms with Crippen molar-refractivity contribution in [1.29, 1.82) is 0 Å². The average Bonchev–Trinajstić information content (AvgIpc) is 2.55. The molecule has 25 heavy (non-hydrogen) atoms. The number of ether oxygens (including phenoxy) is 2. The molecule has 0 amide bonds. The molecule has 0 radical (unpaired) electrons. The Bertz CT molecular complexity index is 766. The van der Waals surface area contributed by atoms with E-state index in [9.17, 15) is 19.8 Å². The topological polar surface area (TPSA) is 120 Å². The molecule has 2 aromatic carbocycles. The Kier molecular flexibility index (Phi) is 7.29. The fourth-order valence-electron chi connectivity index (χ4n) is 1.76. The van der Waals surface area contributed by atoms with Crippen molar-refractivity contribution < 1.29 is 19.2 Å². The molecule has 10 heteroatoms. The Hall–Kier alpha value is -3.20. The summed E-state index contributed by atoms with van der Waals surface area (Å²) in [4.78, 5) is 32.0. The van der Waals surface area contributed by atoms with E-state index in [1.54, 1.807) is 0 Å². The summed E-state index contributed by atoms with van der Waals surface area (Å²) in [7, 11) is 0. The molecule has 0 aliphatic carbocycles. The number of carbonyl (C=O) groups excluding carboxylic acids is 1. The smallest absolute Gasteiger partial charge is 0.429 e. The van der Waals surface area contributed by atoms with E-state index in [2.05, 4.69) is 10.7 Å². The highest BCUT2D eigenvalue weighted by atomic mass is 35.5. The van der Waals surface area contributed by atoms with Gasteiger partial charge in [0.2, 0.25) is 0 Å². The number of carbonyl (C=O) groups is 1. The predicted octanol–water partition coefficient (Wildman–Crippen LogP) is 4.69. The third-order valence-electron chi connectivity index (χ3n) is 2.81. The lowest BCUT2D eigenvalue weighted by molar-refractivity contribution is -0.385. The highest BCUT2D eigenvalue weighted by Crippen LogP contribution is 2.24. The van der Waals surface area contributed by atoms with Gasteiger partial charge in [-0.1, -0.05) is 19.0 Å². The molecule has 0 heterocycles. The van der Waals surface area contributed by atoms with Crippen LogP contribution in [0, 0.1) is 15.0 Å². The molecule has 2 rings (SSSR count). The van der Waals surface area contributed by atoms with Crippen LogP contribution in [0.15, 0.2) is 47.8 Å². The van der Waals surface area contributed by atoms with Crippen LogP contribution in [0.2, 0.25) is 5.02 Å². The van der Waals surface area contributed by atoms with Crippen molar-refractivity contribution in [3.8, 4) is 5.75 Å². The molecule has 0 bridgehead atoms. The number of anilines is 1. The Labute approximate surface area is 147 Å². The van der Waals surface area contributed by atoms with Gasteiger partial charge in [-0.25, -0.2) is 10.2 Å². The minimum atomic E-state index is -1.04. The summed E-state index contributed by atoms with van der Waals surface area (Å²) in [6.07, 6.45) is -1.04. The fourth-order valence-corrected chi connectivity index (χ4v) is 1.96. The Morgan fingerprint density at radius 2 is 1.92 bits per heavy atom. The van der Waals surface area contributed by atoms with Crippen LogP contribution < -0.4 is 10.2 Å². The molecule has 0 saturated carbocycles.